The van der Waals surface area contributed by atoms with Crippen molar-refractivity contribution in [1.82, 2.24) is 4.98 Å². The smallest absolute Gasteiger partial charge is 0.245 e. The molecule has 0 fully saturated rings. The van der Waals surface area contributed by atoms with E-state index in [9.17, 15) is 4.79 Å². The average molecular weight is 342 g/mol. The Balaban J connectivity index is 1.82. The van der Waals surface area contributed by atoms with Crippen LogP contribution in [0.4, 0.5) is 10.8 Å². The molecule has 0 aliphatic rings. The van der Waals surface area contributed by atoms with Gasteiger partial charge in [-0.1, -0.05) is 11.3 Å². The fourth-order valence-electron chi connectivity index (χ4n) is 1.37. The van der Waals surface area contributed by atoms with Gasteiger partial charge in [0.1, 0.15) is 5.75 Å². The highest BCUT2D eigenvalue weighted by molar-refractivity contribution is 9.11. The Bertz CT molecular complexity index is 556. The molecule has 2 N–H and O–H groups in total. The van der Waals surface area contributed by atoms with Crippen molar-refractivity contribution < 1.29 is 9.53 Å². The first-order valence-electron chi connectivity index (χ1n) is 5.46. The second kappa shape index (κ2) is 6.53. The zero-order valence-corrected chi connectivity index (χ0v) is 12.5. The number of nitrogens with zero attached hydrogens (tertiary/aromatic N) is 1. The number of thiazole rings is 1. The van der Waals surface area contributed by atoms with E-state index in [1.807, 2.05) is 24.3 Å². The van der Waals surface area contributed by atoms with Crippen molar-refractivity contribution in [1.29, 1.82) is 0 Å². The lowest BCUT2D eigenvalue weighted by molar-refractivity contribution is -0.114. The largest absolute Gasteiger partial charge is 0.497 e. The number of carbonyl (C=O) groups excluding carboxylic acids is 1. The number of benzene rings is 1. The summed E-state index contributed by atoms with van der Waals surface area (Å²) in [5.41, 5.74) is 0.858. The summed E-state index contributed by atoms with van der Waals surface area (Å²) in [5, 5.41) is 6.30. The van der Waals surface area contributed by atoms with Gasteiger partial charge in [-0.25, -0.2) is 4.98 Å². The molecule has 5 nitrogen and oxygen atoms in total. The van der Waals surface area contributed by atoms with E-state index in [2.05, 4.69) is 31.5 Å². The predicted molar refractivity (Wildman–Crippen MR) is 79.9 cm³/mol. The van der Waals surface area contributed by atoms with Crippen molar-refractivity contribution >= 4 is 44.0 Å². The summed E-state index contributed by atoms with van der Waals surface area (Å²) in [4.78, 5) is 15.7. The van der Waals surface area contributed by atoms with Gasteiger partial charge in [0.25, 0.3) is 0 Å². The van der Waals surface area contributed by atoms with Crippen LogP contribution in [0.5, 0.6) is 5.75 Å². The topological polar surface area (TPSA) is 63.2 Å². The molecule has 0 saturated heterocycles. The Morgan fingerprint density at radius 2 is 2.16 bits per heavy atom. The Morgan fingerprint density at radius 3 is 2.74 bits per heavy atom. The lowest BCUT2D eigenvalue weighted by Crippen LogP contribution is -2.21. The minimum atomic E-state index is -0.141. The SMILES string of the molecule is COc1ccc(NCC(=O)Nc2ncc(Br)s2)cc1. The molecule has 1 aromatic heterocycles. The number of hydrogen-bond donors (Lipinski definition) is 2. The van der Waals surface area contributed by atoms with Crippen LogP contribution < -0.4 is 15.4 Å². The van der Waals surface area contributed by atoms with E-state index in [1.165, 1.54) is 11.3 Å². The molecule has 0 atom stereocenters. The van der Waals surface area contributed by atoms with E-state index >= 15 is 0 Å². The molecule has 1 heterocycles. The van der Waals surface area contributed by atoms with Crippen molar-refractivity contribution in [3.63, 3.8) is 0 Å². The van der Waals surface area contributed by atoms with Crippen LogP contribution in [0.15, 0.2) is 34.2 Å². The number of hydrogen-bond acceptors (Lipinski definition) is 5. The number of halogens is 1. The predicted octanol–water partition coefficient (Wildman–Crippen LogP) is 2.96. The standard InChI is InChI=1S/C12H12BrN3O2S/c1-18-9-4-2-8(3-5-9)14-7-11(17)16-12-15-6-10(13)19-12/h2-6,14H,7H2,1H3,(H,15,16,17). The number of ether oxygens (including phenoxy) is 1. The highest BCUT2D eigenvalue weighted by Gasteiger charge is 2.05. The normalized spacial score (nSPS) is 10.0. The monoisotopic (exact) mass is 341 g/mol. The first-order valence-corrected chi connectivity index (χ1v) is 7.07. The molecule has 0 aliphatic heterocycles. The van der Waals surface area contributed by atoms with Crippen molar-refractivity contribution in [2.24, 2.45) is 0 Å². The van der Waals surface area contributed by atoms with Gasteiger partial charge in [0.2, 0.25) is 5.91 Å². The molecule has 100 valence electrons. The van der Waals surface area contributed by atoms with E-state index < -0.39 is 0 Å². The van der Waals surface area contributed by atoms with Gasteiger partial charge < -0.3 is 15.4 Å². The molecule has 0 aliphatic carbocycles. The maximum absolute atomic E-state index is 11.7. The van der Waals surface area contributed by atoms with Gasteiger partial charge >= 0.3 is 0 Å². The lowest BCUT2D eigenvalue weighted by Gasteiger charge is -2.06. The number of rotatable bonds is 5. The third-order valence-corrected chi connectivity index (χ3v) is 3.66. The van der Waals surface area contributed by atoms with Crippen LogP contribution in [0, 0.1) is 0 Å². The summed E-state index contributed by atoms with van der Waals surface area (Å²) in [6.07, 6.45) is 1.65. The van der Waals surface area contributed by atoms with Gasteiger partial charge in [0.15, 0.2) is 5.13 Å². The molecule has 0 saturated carbocycles. The van der Waals surface area contributed by atoms with E-state index in [0.29, 0.717) is 5.13 Å². The highest BCUT2D eigenvalue weighted by atomic mass is 79.9. The lowest BCUT2D eigenvalue weighted by atomic mass is 10.3. The van der Waals surface area contributed by atoms with Crippen LogP contribution in [-0.4, -0.2) is 24.5 Å². The van der Waals surface area contributed by atoms with Gasteiger partial charge in [-0.15, -0.1) is 0 Å². The molecule has 0 spiro atoms. The number of anilines is 2. The second-order valence-corrected chi connectivity index (χ2v) is 6.01. The summed E-state index contributed by atoms with van der Waals surface area (Å²) in [6, 6.07) is 7.37. The molecule has 0 bridgehead atoms. The Hall–Kier alpha value is -1.60. The van der Waals surface area contributed by atoms with Crippen LogP contribution in [0.3, 0.4) is 0 Å². The van der Waals surface area contributed by atoms with Crippen LogP contribution in [0.1, 0.15) is 0 Å². The average Bonchev–Trinajstić information content (AvgIpc) is 2.82. The minimum absolute atomic E-state index is 0.141. The first-order chi connectivity index (χ1) is 9.17. The Kier molecular flexibility index (Phi) is 4.75. The minimum Gasteiger partial charge on any atom is -0.497 e. The van der Waals surface area contributed by atoms with E-state index in [-0.39, 0.29) is 12.5 Å². The summed E-state index contributed by atoms with van der Waals surface area (Å²) in [7, 11) is 1.61. The van der Waals surface area contributed by atoms with Gasteiger partial charge in [0, 0.05) is 5.69 Å². The Morgan fingerprint density at radius 1 is 1.42 bits per heavy atom. The second-order valence-electron chi connectivity index (χ2n) is 3.60. The number of amides is 1. The molecule has 1 amide bonds. The summed E-state index contributed by atoms with van der Waals surface area (Å²) in [5.74, 6) is 0.639. The van der Waals surface area contributed by atoms with Gasteiger partial charge in [-0.05, 0) is 40.2 Å². The van der Waals surface area contributed by atoms with Crippen LogP contribution in [-0.2, 0) is 4.79 Å². The van der Waals surface area contributed by atoms with Gasteiger partial charge in [0.05, 0.1) is 23.6 Å². The molecule has 2 aromatic rings. The third kappa shape index (κ3) is 4.22. The zero-order valence-electron chi connectivity index (χ0n) is 10.1. The van der Waals surface area contributed by atoms with Crippen LogP contribution in [0.2, 0.25) is 0 Å². The van der Waals surface area contributed by atoms with Crippen molar-refractivity contribution in [2.75, 3.05) is 24.3 Å². The van der Waals surface area contributed by atoms with E-state index in [1.54, 1.807) is 13.3 Å². The van der Waals surface area contributed by atoms with E-state index in [0.717, 1.165) is 15.2 Å². The molecule has 1 aromatic carbocycles. The van der Waals surface area contributed by atoms with Crippen molar-refractivity contribution in [2.45, 2.75) is 0 Å². The van der Waals surface area contributed by atoms with Crippen LogP contribution in [0.25, 0.3) is 0 Å². The quantitative estimate of drug-likeness (QED) is 0.877. The fourth-order valence-corrected chi connectivity index (χ4v) is 2.49. The third-order valence-electron chi connectivity index (χ3n) is 2.27. The fraction of sp³-hybridized carbons (Fsp3) is 0.167. The number of carbonyl (C=O) groups is 1. The molecular weight excluding hydrogens is 330 g/mol. The summed E-state index contributed by atoms with van der Waals surface area (Å²) >= 11 is 4.66. The van der Waals surface area contributed by atoms with E-state index in [4.69, 9.17) is 4.74 Å². The van der Waals surface area contributed by atoms with Crippen molar-refractivity contribution in [3.8, 4) is 5.75 Å². The number of nitrogens with one attached hydrogen (secondary N) is 2. The first kappa shape index (κ1) is 13.8. The maximum Gasteiger partial charge on any atom is 0.245 e. The molecule has 0 unspecified atom stereocenters. The number of methoxy groups -OCH3 is 1. The number of aromatic nitrogens is 1. The molecule has 19 heavy (non-hydrogen) atoms. The molecule has 0 radical (unpaired) electrons. The summed E-state index contributed by atoms with van der Waals surface area (Å²) < 4.78 is 5.94. The van der Waals surface area contributed by atoms with Gasteiger partial charge in [-0.2, -0.15) is 0 Å². The van der Waals surface area contributed by atoms with Gasteiger partial charge in [-0.3, -0.25) is 4.79 Å². The van der Waals surface area contributed by atoms with Crippen molar-refractivity contribution in [3.05, 3.63) is 34.2 Å². The molecule has 2 rings (SSSR count). The molecular formula is C12H12BrN3O2S. The Labute approximate surface area is 123 Å². The maximum atomic E-state index is 11.7. The highest BCUT2D eigenvalue weighted by Crippen LogP contribution is 2.23. The van der Waals surface area contributed by atoms with Crippen LogP contribution >= 0.6 is 27.3 Å². The molecule has 7 heteroatoms. The summed E-state index contributed by atoms with van der Waals surface area (Å²) in [6.45, 7) is 0.184. The zero-order chi connectivity index (χ0) is 13.7.